The number of carbonyl (C=O) groups excluding carboxylic acids is 8. The summed E-state index contributed by atoms with van der Waals surface area (Å²) >= 11 is 1.41. The highest BCUT2D eigenvalue weighted by molar-refractivity contribution is 7.98. The van der Waals surface area contributed by atoms with Gasteiger partial charge in [-0.2, -0.15) is 11.8 Å². The van der Waals surface area contributed by atoms with Gasteiger partial charge in [0.05, 0.1) is 6.04 Å². The third kappa shape index (κ3) is 24.9. The maximum Gasteiger partial charge on any atom is 0.326 e. The summed E-state index contributed by atoms with van der Waals surface area (Å²) in [4.78, 5) is 125. The van der Waals surface area contributed by atoms with Crippen LogP contribution in [0.15, 0.2) is 29.3 Å². The molecule has 1 aromatic rings. The topological polar surface area (TPSA) is 395 Å². The van der Waals surface area contributed by atoms with Crippen LogP contribution >= 0.6 is 11.8 Å². The molecule has 1 aromatic carbocycles. The van der Waals surface area contributed by atoms with Crippen LogP contribution in [-0.2, 0) is 49.6 Å². The van der Waals surface area contributed by atoms with Crippen LogP contribution in [0.3, 0.4) is 0 Å². The Morgan fingerprint density at radius 3 is 1.49 bits per heavy atom. The Labute approximate surface area is 433 Å². The van der Waals surface area contributed by atoms with Crippen molar-refractivity contribution in [3.63, 3.8) is 0 Å². The van der Waals surface area contributed by atoms with E-state index in [0.29, 0.717) is 24.2 Å². The Morgan fingerprint density at radius 2 is 1.01 bits per heavy atom. The van der Waals surface area contributed by atoms with Crippen LogP contribution < -0.4 is 60.2 Å². The van der Waals surface area contributed by atoms with Crippen LogP contribution in [-0.4, -0.2) is 136 Å². The second-order valence-electron chi connectivity index (χ2n) is 19.4. The molecule has 24 heteroatoms. The molecule has 0 saturated carbocycles. The van der Waals surface area contributed by atoms with Crippen LogP contribution in [0.5, 0.6) is 5.75 Å². The van der Waals surface area contributed by atoms with E-state index in [1.165, 1.54) is 23.9 Å². The molecule has 412 valence electrons. The normalized spacial score (nSPS) is 15.3. The first-order chi connectivity index (χ1) is 34.2. The Morgan fingerprint density at radius 1 is 0.589 bits per heavy atom. The van der Waals surface area contributed by atoms with Crippen LogP contribution in [0.2, 0.25) is 0 Å². The van der Waals surface area contributed by atoms with E-state index in [-0.39, 0.29) is 81.5 Å². The number of nitrogens with two attached hydrogens (primary N) is 4. The van der Waals surface area contributed by atoms with Crippen LogP contribution in [0.25, 0.3) is 0 Å². The molecule has 0 aliphatic heterocycles. The number of thioether (sulfide) groups is 1. The lowest BCUT2D eigenvalue weighted by Crippen LogP contribution is -2.61. The highest BCUT2D eigenvalue weighted by Crippen LogP contribution is 2.16. The van der Waals surface area contributed by atoms with Gasteiger partial charge in [-0.15, -0.1) is 0 Å². The average Bonchev–Trinajstić information content (AvgIpc) is 3.32. The predicted molar refractivity (Wildman–Crippen MR) is 280 cm³/mol. The summed E-state index contributed by atoms with van der Waals surface area (Å²) in [5.74, 6) is -8.21. The van der Waals surface area contributed by atoms with E-state index in [1.807, 2.05) is 27.7 Å². The molecule has 0 aromatic heterocycles. The molecule has 0 heterocycles. The van der Waals surface area contributed by atoms with E-state index in [4.69, 9.17) is 22.9 Å². The number of hydrogen-bond acceptors (Lipinski definition) is 13. The van der Waals surface area contributed by atoms with Gasteiger partial charge in [0.15, 0.2) is 5.96 Å². The number of primary amides is 1. The number of phenolic OH excluding ortho intramolecular Hbond substituents is 1. The Bertz CT molecular complexity index is 2000. The van der Waals surface area contributed by atoms with Gasteiger partial charge >= 0.3 is 5.97 Å². The molecule has 0 saturated heterocycles. The van der Waals surface area contributed by atoms with Crippen molar-refractivity contribution in [1.82, 2.24) is 37.2 Å². The van der Waals surface area contributed by atoms with Crippen molar-refractivity contribution >= 4 is 70.9 Å². The number of hydrogen-bond donors (Lipinski definition) is 13. The zero-order valence-electron chi connectivity index (χ0n) is 44.0. The minimum absolute atomic E-state index is 0.00825. The molecule has 73 heavy (non-hydrogen) atoms. The lowest BCUT2D eigenvalue weighted by molar-refractivity contribution is -0.144. The van der Waals surface area contributed by atoms with Gasteiger partial charge in [0.1, 0.15) is 48.0 Å². The van der Waals surface area contributed by atoms with Crippen molar-refractivity contribution in [2.24, 2.45) is 51.6 Å². The summed E-state index contributed by atoms with van der Waals surface area (Å²) in [6.07, 6.45) is 2.72. The van der Waals surface area contributed by atoms with Crippen molar-refractivity contribution in [3.05, 3.63) is 29.8 Å². The maximum absolute atomic E-state index is 14.3. The molecule has 0 fully saturated rings. The summed E-state index contributed by atoms with van der Waals surface area (Å²) in [5, 5.41) is 38.2. The number of carboxylic acid groups (broad SMARTS) is 1. The van der Waals surface area contributed by atoms with Gasteiger partial charge < -0.3 is 70.4 Å². The molecule has 1 rings (SSSR count). The van der Waals surface area contributed by atoms with Gasteiger partial charge in [-0.1, -0.05) is 80.4 Å². The van der Waals surface area contributed by atoms with Gasteiger partial charge in [-0.05, 0) is 98.3 Å². The van der Waals surface area contributed by atoms with E-state index in [1.54, 1.807) is 46.1 Å². The largest absolute Gasteiger partial charge is 0.508 e. The van der Waals surface area contributed by atoms with E-state index in [2.05, 4.69) is 42.2 Å². The van der Waals surface area contributed by atoms with Gasteiger partial charge in [0.25, 0.3) is 0 Å². The number of guanidine groups is 1. The monoisotopic (exact) mass is 1050 g/mol. The van der Waals surface area contributed by atoms with E-state index in [9.17, 15) is 53.4 Å². The number of aliphatic carboxylic acids is 1. The molecular formula is C49H84N12O11S. The zero-order chi connectivity index (χ0) is 55.5. The average molecular weight is 1050 g/mol. The van der Waals surface area contributed by atoms with Gasteiger partial charge in [0.2, 0.25) is 47.3 Å². The number of aromatic hydroxyl groups is 1. The summed E-state index contributed by atoms with van der Waals surface area (Å²) in [6, 6.07) is -3.82. The number of nitrogens with zero attached hydrogens (tertiary/aromatic N) is 1. The summed E-state index contributed by atoms with van der Waals surface area (Å²) in [6.45, 7) is 14.3. The van der Waals surface area contributed by atoms with E-state index in [0.717, 1.165) is 0 Å². The molecule has 0 aliphatic carbocycles. The highest BCUT2D eigenvalue weighted by atomic mass is 32.2. The Hall–Kier alpha value is -6.17. The number of nitrogens with one attached hydrogen (secondary N) is 7. The number of rotatable bonds is 35. The number of benzene rings is 1. The smallest absolute Gasteiger partial charge is 0.326 e. The lowest BCUT2D eigenvalue weighted by Gasteiger charge is -2.30. The van der Waals surface area contributed by atoms with E-state index < -0.39 is 113 Å². The van der Waals surface area contributed by atoms with Crippen molar-refractivity contribution < 1.29 is 53.4 Å². The SMILES string of the molecule is CC[C@H](C)[C@H](NC(=O)[C@H](CCSC)NC(=O)[C@H](CCCN=C(N)N)NC(=O)[C@@H](NC(=O)[C@H](CC(C)C)NC(=O)[C@H](CC(C)C)NC(=O)[C@H](CCC(N)=O)NC(=O)[C@@H](N)Cc1ccc(O)cc1)[C@@H](C)CC)C(=O)O. The first-order valence-electron chi connectivity index (χ1n) is 25.0. The lowest BCUT2D eigenvalue weighted by atomic mass is 9.95. The highest BCUT2D eigenvalue weighted by Gasteiger charge is 2.36. The molecule has 8 amide bonds. The Balaban J connectivity index is 3.49. The summed E-state index contributed by atoms with van der Waals surface area (Å²) in [7, 11) is 0. The van der Waals surface area contributed by atoms with E-state index >= 15 is 0 Å². The molecule has 0 unspecified atom stereocenters. The quantitative estimate of drug-likeness (QED) is 0.0242. The predicted octanol–water partition coefficient (Wildman–Crippen LogP) is -0.00320. The maximum atomic E-state index is 14.3. The Kier molecular flexibility index (Phi) is 29.8. The number of carboxylic acids is 1. The van der Waals surface area contributed by atoms with Crippen molar-refractivity contribution in [3.8, 4) is 5.75 Å². The van der Waals surface area contributed by atoms with Gasteiger partial charge in [-0.25, -0.2) is 4.79 Å². The van der Waals surface area contributed by atoms with Crippen molar-refractivity contribution in [2.45, 2.75) is 168 Å². The molecule has 17 N–H and O–H groups in total. The fourth-order valence-corrected chi connectivity index (χ4v) is 7.94. The third-order valence-electron chi connectivity index (χ3n) is 12.1. The first-order valence-corrected chi connectivity index (χ1v) is 26.4. The molecule has 10 atom stereocenters. The molecular weight excluding hydrogens is 965 g/mol. The fourth-order valence-electron chi connectivity index (χ4n) is 7.47. The third-order valence-corrected chi connectivity index (χ3v) is 12.8. The number of carbonyl (C=O) groups is 9. The second-order valence-corrected chi connectivity index (χ2v) is 20.3. The van der Waals surface area contributed by atoms with Crippen molar-refractivity contribution in [2.75, 3.05) is 18.6 Å². The van der Waals surface area contributed by atoms with Crippen molar-refractivity contribution in [1.29, 1.82) is 0 Å². The van der Waals surface area contributed by atoms with Crippen LogP contribution in [0.1, 0.15) is 119 Å². The molecule has 0 spiro atoms. The van der Waals surface area contributed by atoms with Gasteiger partial charge in [0, 0.05) is 13.0 Å². The van der Waals surface area contributed by atoms with Gasteiger partial charge in [-0.3, -0.25) is 43.3 Å². The van der Waals surface area contributed by atoms with Crippen LogP contribution in [0.4, 0.5) is 0 Å². The molecule has 0 bridgehead atoms. The van der Waals surface area contributed by atoms with Crippen LogP contribution in [0, 0.1) is 23.7 Å². The molecule has 0 aliphatic rings. The second kappa shape index (κ2) is 33.5. The standard InChI is InChI=1S/C49H84N12O11S/c1-10-28(7)39(47(70)57-33(13-12-21-54-49(52)53)42(65)56-35(20-22-73-9)44(67)61-40(48(71)72)29(8)11-2)60-46(69)37(24-27(5)6)59-45(68)36(23-26(3)4)58-43(66)34(18-19-38(51)63)55-41(64)32(50)25-30-14-16-31(62)17-15-30/h14-17,26-29,32-37,39-40,62H,10-13,18-25,50H2,1-9H3,(H2,51,63)(H,55,64)(H,56,65)(H,57,70)(H,58,66)(H,59,68)(H,60,69)(H,61,67)(H,71,72)(H4,52,53,54)/t28-,29-,32-,33-,34-,35-,36-,37-,39-,40-/m0/s1. The number of phenols is 1. The minimum atomic E-state index is -1.34. The zero-order valence-corrected chi connectivity index (χ0v) is 44.8. The minimum Gasteiger partial charge on any atom is -0.508 e. The fraction of sp³-hybridized carbons (Fsp3) is 0.673. The molecule has 23 nitrogen and oxygen atoms in total. The number of amides is 8. The molecule has 0 radical (unpaired) electrons. The summed E-state index contributed by atoms with van der Waals surface area (Å²) in [5.41, 5.74) is 23.2. The summed E-state index contributed by atoms with van der Waals surface area (Å²) < 4.78 is 0. The first kappa shape index (κ1) is 64.8. The number of aliphatic imine (C=N–C) groups is 1.